The molecule has 0 bridgehead atoms. The summed E-state index contributed by atoms with van der Waals surface area (Å²) in [7, 11) is 2.92. The van der Waals surface area contributed by atoms with Crippen LogP contribution in [-0.4, -0.2) is 79.7 Å². The summed E-state index contributed by atoms with van der Waals surface area (Å²) in [4.78, 5) is 40.0. The van der Waals surface area contributed by atoms with Gasteiger partial charge in [-0.05, 0) is 31.6 Å². The number of phenolic OH excluding ortho intramolecular Hbond substituents is 1. The molecule has 33 heavy (non-hydrogen) atoms. The molecular weight excluding hydrogens is 432 g/mol. The van der Waals surface area contributed by atoms with Crippen LogP contribution in [0.1, 0.15) is 31.4 Å². The Balaban J connectivity index is 0.00000306. The summed E-state index contributed by atoms with van der Waals surface area (Å²) in [6.45, 7) is 1.68. The highest BCUT2D eigenvalue weighted by molar-refractivity contribution is 6.24. The molecule has 0 aliphatic heterocycles. The van der Waals surface area contributed by atoms with Crippen LogP contribution in [0.15, 0.2) is 35.1 Å². The number of hydrogen-bond donors (Lipinski definition) is 6. The fraction of sp³-hybridized carbons (Fsp3) is 0.435. The molecule has 0 heterocycles. The van der Waals surface area contributed by atoms with Crippen molar-refractivity contribution in [3.05, 3.63) is 46.2 Å². The number of nitrogens with zero attached hydrogens (tertiary/aromatic N) is 1. The first-order valence-electron chi connectivity index (χ1n) is 10.0. The summed E-state index contributed by atoms with van der Waals surface area (Å²) in [6, 6.07) is 3.13. The van der Waals surface area contributed by atoms with Crippen LogP contribution in [0.25, 0.3) is 5.76 Å². The quantitative estimate of drug-likeness (QED) is 0.334. The Labute approximate surface area is 190 Å². The van der Waals surface area contributed by atoms with E-state index in [-0.39, 0.29) is 18.7 Å². The van der Waals surface area contributed by atoms with Gasteiger partial charge in [-0.15, -0.1) is 0 Å². The van der Waals surface area contributed by atoms with E-state index in [0.29, 0.717) is 5.56 Å². The first-order valence-corrected chi connectivity index (χ1v) is 10.0. The Morgan fingerprint density at radius 3 is 2.30 bits per heavy atom. The minimum Gasteiger partial charge on any atom is -0.508 e. The van der Waals surface area contributed by atoms with E-state index in [9.17, 15) is 39.9 Å². The first kappa shape index (κ1) is 24.4. The number of carbonyl (C=O) groups excluding carboxylic acids is 3. The van der Waals surface area contributed by atoms with E-state index in [0.717, 1.165) is 0 Å². The number of hydrogen-bond acceptors (Lipinski definition) is 9. The van der Waals surface area contributed by atoms with Gasteiger partial charge in [-0.3, -0.25) is 19.3 Å². The lowest BCUT2D eigenvalue weighted by atomic mass is 9.54. The third-order valence-electron chi connectivity index (χ3n) is 6.99. The van der Waals surface area contributed by atoms with Crippen LogP contribution < -0.4 is 5.73 Å². The second kappa shape index (κ2) is 7.68. The number of fused-ring (bicyclic) bond motifs is 3. The molecule has 4 rings (SSSR count). The highest BCUT2D eigenvalue weighted by Crippen LogP contribution is 2.55. The average molecular weight is 460 g/mol. The van der Waals surface area contributed by atoms with Gasteiger partial charge in [-0.25, -0.2) is 0 Å². The number of amides is 1. The Hall–Kier alpha value is -3.21. The third kappa shape index (κ3) is 2.87. The standard InChI is InChI=1S/C22H24N2O8.CH4/c1-7-8-5-4-6-9(25)11(8)16(26)12-10(7)17(27)14-15(24(2)3)18(28)13(21(23)31)20(30)22(14,32)19(12)29;/h4-7,10,14-15,17,25-27,30,32H,1-3H3,(H2,23,31);1H4/t7-,10+,14+,15-,17-,22-;/m0./s1. The van der Waals surface area contributed by atoms with Crippen LogP contribution in [0.2, 0.25) is 0 Å². The number of aliphatic hydroxyl groups is 4. The summed E-state index contributed by atoms with van der Waals surface area (Å²) in [6.07, 6.45) is -1.59. The lowest BCUT2D eigenvalue weighted by Gasteiger charge is -2.53. The van der Waals surface area contributed by atoms with Crippen LogP contribution in [-0.2, 0) is 14.4 Å². The fourth-order valence-corrected chi connectivity index (χ4v) is 5.58. The number of phenols is 1. The van der Waals surface area contributed by atoms with Crippen LogP contribution in [0.4, 0.5) is 0 Å². The summed E-state index contributed by atoms with van der Waals surface area (Å²) >= 11 is 0. The molecule has 0 radical (unpaired) electrons. The fourth-order valence-electron chi connectivity index (χ4n) is 5.58. The summed E-state index contributed by atoms with van der Waals surface area (Å²) in [5.74, 6) is -8.87. The van der Waals surface area contributed by atoms with E-state index in [2.05, 4.69) is 0 Å². The number of nitrogens with two attached hydrogens (primary N) is 1. The van der Waals surface area contributed by atoms with Crippen LogP contribution in [0, 0.1) is 11.8 Å². The molecule has 178 valence electrons. The second-order valence-electron chi connectivity index (χ2n) is 8.79. The van der Waals surface area contributed by atoms with Crippen LogP contribution in [0.3, 0.4) is 0 Å². The molecule has 1 aromatic carbocycles. The molecular formula is C23H28N2O8. The topological polar surface area (TPSA) is 182 Å². The van der Waals surface area contributed by atoms with Gasteiger partial charge in [-0.1, -0.05) is 26.5 Å². The zero-order chi connectivity index (χ0) is 23.9. The smallest absolute Gasteiger partial charge is 0.255 e. The van der Waals surface area contributed by atoms with Gasteiger partial charge in [0.05, 0.1) is 23.6 Å². The van der Waals surface area contributed by atoms with Crippen molar-refractivity contribution in [1.29, 1.82) is 0 Å². The Morgan fingerprint density at radius 2 is 1.76 bits per heavy atom. The lowest BCUT2D eigenvalue weighted by Crippen LogP contribution is -2.70. The van der Waals surface area contributed by atoms with Gasteiger partial charge >= 0.3 is 0 Å². The monoisotopic (exact) mass is 460 g/mol. The number of carbonyl (C=O) groups is 3. The number of Topliss-reactive ketones (excluding diaryl/α,β-unsaturated/α-hetero) is 2. The van der Waals surface area contributed by atoms with Crippen molar-refractivity contribution < 1.29 is 39.9 Å². The van der Waals surface area contributed by atoms with E-state index in [1.54, 1.807) is 19.1 Å². The number of likely N-dealkylation sites (N-methyl/N-ethyl adjacent to an activating group) is 1. The molecule has 6 atom stereocenters. The molecule has 0 spiro atoms. The van der Waals surface area contributed by atoms with Gasteiger partial charge in [0.1, 0.15) is 22.8 Å². The molecule has 0 unspecified atom stereocenters. The minimum absolute atomic E-state index is 0. The molecule has 1 saturated carbocycles. The summed E-state index contributed by atoms with van der Waals surface area (Å²) in [5, 5.41) is 54.9. The van der Waals surface area contributed by atoms with Crippen molar-refractivity contribution in [2.45, 2.75) is 38.0 Å². The van der Waals surface area contributed by atoms with Gasteiger partial charge in [0.2, 0.25) is 5.78 Å². The zero-order valence-corrected chi connectivity index (χ0v) is 17.6. The van der Waals surface area contributed by atoms with Gasteiger partial charge in [-0.2, -0.15) is 0 Å². The summed E-state index contributed by atoms with van der Waals surface area (Å²) in [5.41, 5.74) is 1.47. The van der Waals surface area contributed by atoms with Crippen molar-refractivity contribution in [2.75, 3.05) is 14.1 Å². The van der Waals surface area contributed by atoms with Crippen molar-refractivity contribution >= 4 is 23.2 Å². The predicted molar refractivity (Wildman–Crippen MR) is 117 cm³/mol. The Kier molecular flexibility index (Phi) is 5.69. The van der Waals surface area contributed by atoms with E-state index in [1.165, 1.54) is 25.1 Å². The predicted octanol–water partition coefficient (Wildman–Crippen LogP) is 0.132. The largest absolute Gasteiger partial charge is 0.508 e. The summed E-state index contributed by atoms with van der Waals surface area (Å²) < 4.78 is 0. The van der Waals surface area contributed by atoms with Gasteiger partial charge in [0, 0.05) is 11.5 Å². The van der Waals surface area contributed by atoms with Crippen molar-refractivity contribution in [2.24, 2.45) is 17.6 Å². The van der Waals surface area contributed by atoms with Gasteiger partial charge < -0.3 is 31.3 Å². The number of benzene rings is 1. The Bertz CT molecular complexity index is 1140. The maximum atomic E-state index is 13.7. The zero-order valence-electron chi connectivity index (χ0n) is 17.6. The minimum atomic E-state index is -2.89. The van der Waals surface area contributed by atoms with E-state index in [4.69, 9.17) is 5.73 Å². The number of rotatable bonds is 2. The lowest BCUT2D eigenvalue weighted by molar-refractivity contribution is -0.169. The van der Waals surface area contributed by atoms with Crippen molar-refractivity contribution in [3.63, 3.8) is 0 Å². The first-order chi connectivity index (χ1) is 14.9. The maximum Gasteiger partial charge on any atom is 0.255 e. The van der Waals surface area contributed by atoms with E-state index >= 15 is 0 Å². The molecule has 1 amide bonds. The normalized spacial score (nSPS) is 33.3. The molecule has 0 aromatic heterocycles. The molecule has 1 fully saturated rings. The Morgan fingerprint density at radius 1 is 1.15 bits per heavy atom. The SMILES string of the molecule is C.C[C@H]1c2cccc(O)c2C(O)=C2C(=O)[C@]3(O)C(O)=C(C(N)=O)C(=O)[C@@H](N(C)C)[C@@H]3[C@@H](O)[C@@H]21. The number of aliphatic hydroxyl groups excluding tert-OH is 3. The molecule has 3 aliphatic rings. The third-order valence-corrected chi connectivity index (χ3v) is 6.99. The highest BCUT2D eigenvalue weighted by atomic mass is 16.4. The van der Waals surface area contributed by atoms with Gasteiger partial charge in [0.15, 0.2) is 11.4 Å². The molecule has 10 nitrogen and oxygen atoms in total. The van der Waals surface area contributed by atoms with Crippen molar-refractivity contribution in [3.8, 4) is 5.75 Å². The highest BCUT2D eigenvalue weighted by Gasteiger charge is 2.68. The molecule has 10 heteroatoms. The van der Waals surface area contributed by atoms with Crippen molar-refractivity contribution in [1.82, 2.24) is 4.90 Å². The van der Waals surface area contributed by atoms with Crippen LogP contribution in [0.5, 0.6) is 5.75 Å². The maximum absolute atomic E-state index is 13.7. The molecule has 3 aliphatic carbocycles. The molecule has 0 saturated heterocycles. The molecule has 7 N–H and O–H groups in total. The van der Waals surface area contributed by atoms with Gasteiger partial charge in [0.25, 0.3) is 5.91 Å². The molecule has 1 aromatic rings. The van der Waals surface area contributed by atoms with E-state index < -0.39 is 75.6 Å². The number of primary amides is 1. The number of ketones is 2. The number of aromatic hydroxyl groups is 1. The second-order valence-corrected chi connectivity index (χ2v) is 8.79. The van der Waals surface area contributed by atoms with Crippen LogP contribution >= 0.6 is 0 Å². The van der Waals surface area contributed by atoms with E-state index in [1.807, 2.05) is 0 Å². The average Bonchev–Trinajstić information content (AvgIpc) is 2.70.